The largest absolute Gasteiger partial charge is 0.356 e. The molecule has 2 aromatic carbocycles. The summed E-state index contributed by atoms with van der Waals surface area (Å²) in [7, 11) is 0. The Hall–Kier alpha value is -2.84. The van der Waals surface area contributed by atoms with Gasteiger partial charge in [-0.25, -0.2) is 0 Å². The Balaban J connectivity index is 1.52. The second-order valence-electron chi connectivity index (χ2n) is 8.32. The van der Waals surface area contributed by atoms with E-state index in [9.17, 15) is 9.59 Å². The summed E-state index contributed by atoms with van der Waals surface area (Å²) in [5, 5.41) is 12.6. The summed E-state index contributed by atoms with van der Waals surface area (Å²) in [5.41, 5.74) is 2.52. The molecule has 1 N–H and O–H groups in total. The number of carbonyl (C=O) groups is 2. The summed E-state index contributed by atoms with van der Waals surface area (Å²) in [5.74, 6) is 0.737. The van der Waals surface area contributed by atoms with Crippen molar-refractivity contribution in [2.75, 3.05) is 24.5 Å². The second kappa shape index (κ2) is 11.1. The Labute approximate surface area is 208 Å². The third-order valence-electron chi connectivity index (χ3n) is 5.78. The first-order valence-electron chi connectivity index (χ1n) is 11.4. The number of hydrogen-bond acceptors (Lipinski definition) is 6. The highest BCUT2D eigenvalue weighted by Gasteiger charge is 2.26. The van der Waals surface area contributed by atoms with Crippen molar-refractivity contribution >= 4 is 41.0 Å². The van der Waals surface area contributed by atoms with E-state index in [2.05, 4.69) is 20.4 Å². The molecule has 9 heteroatoms. The number of rotatable bonds is 9. The average Bonchev–Trinajstić information content (AvgIpc) is 3.49. The Bertz CT molecular complexity index is 1160. The number of Topliss-reactive ketones (excluding diaryl/α,β-unsaturated/α-hetero) is 1. The zero-order chi connectivity index (χ0) is 24.1. The van der Waals surface area contributed by atoms with Gasteiger partial charge in [-0.1, -0.05) is 59.8 Å². The van der Waals surface area contributed by atoms with E-state index in [-0.39, 0.29) is 16.9 Å². The summed E-state index contributed by atoms with van der Waals surface area (Å²) in [4.78, 5) is 26.4. The molecule has 7 nitrogen and oxygen atoms in total. The molecule has 1 aliphatic rings. The number of anilines is 1. The molecule has 4 rings (SSSR count). The molecule has 1 saturated heterocycles. The fraction of sp³-hybridized carbons (Fsp3) is 0.360. The molecule has 1 amide bonds. The van der Waals surface area contributed by atoms with E-state index in [0.29, 0.717) is 22.3 Å². The van der Waals surface area contributed by atoms with E-state index < -0.39 is 0 Å². The number of halogens is 1. The Morgan fingerprint density at radius 1 is 1.09 bits per heavy atom. The van der Waals surface area contributed by atoms with Crippen molar-refractivity contribution in [2.24, 2.45) is 0 Å². The number of carbonyl (C=O) groups excluding carboxylic acids is 2. The summed E-state index contributed by atoms with van der Waals surface area (Å²) >= 11 is 7.92. The van der Waals surface area contributed by atoms with Crippen molar-refractivity contribution in [3.05, 3.63) is 64.7 Å². The molecule has 1 atom stereocenters. The Kier molecular flexibility index (Phi) is 7.90. The van der Waals surface area contributed by atoms with Crippen molar-refractivity contribution in [3.63, 3.8) is 0 Å². The normalized spacial score (nSPS) is 14.3. The minimum atomic E-state index is -0.359. The van der Waals surface area contributed by atoms with Gasteiger partial charge in [0.1, 0.15) is 0 Å². The maximum Gasteiger partial charge on any atom is 0.232 e. The monoisotopic (exact) mass is 497 g/mol. The van der Waals surface area contributed by atoms with Crippen molar-refractivity contribution in [2.45, 2.75) is 43.5 Å². The molecule has 1 aliphatic heterocycles. The Morgan fingerprint density at radius 2 is 1.79 bits per heavy atom. The van der Waals surface area contributed by atoms with Gasteiger partial charge in [0.15, 0.2) is 10.9 Å². The fourth-order valence-corrected chi connectivity index (χ4v) is 5.12. The molecule has 0 bridgehead atoms. The summed E-state index contributed by atoms with van der Waals surface area (Å²) in [6.07, 6.45) is 2.96. The molecule has 2 heterocycles. The van der Waals surface area contributed by atoms with Crippen LogP contribution in [-0.4, -0.2) is 51.3 Å². The SMILES string of the molecule is CC(=O)NCCc1ccc(C(=O)C(C)Sc2nnc(N3CCCC3)n2-c2ccccc2Cl)cc1. The topological polar surface area (TPSA) is 80.1 Å². The molecule has 1 unspecified atom stereocenters. The first-order valence-corrected chi connectivity index (χ1v) is 12.7. The molecule has 0 radical (unpaired) electrons. The minimum Gasteiger partial charge on any atom is -0.356 e. The first-order chi connectivity index (χ1) is 16.4. The van der Waals surface area contributed by atoms with Crippen LogP contribution in [0.1, 0.15) is 42.6 Å². The molecule has 3 aromatic rings. The van der Waals surface area contributed by atoms with E-state index >= 15 is 0 Å². The van der Waals surface area contributed by atoms with E-state index in [1.807, 2.05) is 60.0 Å². The standard InChI is InChI=1S/C25H28ClN5O2S/c1-17(23(33)20-11-9-19(10-12-20)13-14-27-18(2)32)34-25-29-28-24(30-15-5-6-16-30)31(25)22-8-4-3-7-21(22)26/h3-4,7-12,17H,5-6,13-16H2,1-2H3,(H,27,32). The molecule has 1 aromatic heterocycles. The molecule has 0 saturated carbocycles. The molecular formula is C25H28ClN5O2S. The maximum absolute atomic E-state index is 13.2. The van der Waals surface area contributed by atoms with Crippen LogP contribution in [0.4, 0.5) is 5.95 Å². The molecule has 0 aliphatic carbocycles. The first kappa shape index (κ1) is 24.3. The van der Waals surface area contributed by atoms with Crippen molar-refractivity contribution in [3.8, 4) is 5.69 Å². The number of thioether (sulfide) groups is 1. The third-order valence-corrected chi connectivity index (χ3v) is 7.14. The molecule has 0 spiro atoms. The predicted molar refractivity (Wildman–Crippen MR) is 136 cm³/mol. The number of ketones is 1. The highest BCUT2D eigenvalue weighted by atomic mass is 35.5. The highest BCUT2D eigenvalue weighted by molar-refractivity contribution is 8.00. The van der Waals surface area contributed by atoms with Crippen LogP contribution in [0.25, 0.3) is 5.69 Å². The van der Waals surface area contributed by atoms with Crippen LogP contribution in [0.2, 0.25) is 5.02 Å². The number of nitrogens with one attached hydrogen (secondary N) is 1. The number of benzene rings is 2. The third kappa shape index (κ3) is 5.62. The van der Waals surface area contributed by atoms with Gasteiger partial charge in [0.05, 0.1) is 16.0 Å². The molecule has 1 fully saturated rings. The number of nitrogens with zero attached hydrogens (tertiary/aromatic N) is 4. The Morgan fingerprint density at radius 3 is 2.47 bits per heavy atom. The van der Waals surface area contributed by atoms with Crippen molar-refractivity contribution in [1.82, 2.24) is 20.1 Å². The van der Waals surface area contributed by atoms with Gasteiger partial charge in [0.2, 0.25) is 11.9 Å². The summed E-state index contributed by atoms with van der Waals surface area (Å²) in [6, 6.07) is 15.2. The summed E-state index contributed by atoms with van der Waals surface area (Å²) < 4.78 is 1.97. The van der Waals surface area contributed by atoms with E-state index in [1.54, 1.807) is 0 Å². The zero-order valence-corrected chi connectivity index (χ0v) is 20.9. The quantitative estimate of drug-likeness (QED) is 0.345. The summed E-state index contributed by atoms with van der Waals surface area (Å²) in [6.45, 7) is 5.82. The molecule has 178 valence electrons. The lowest BCUT2D eigenvalue weighted by Crippen LogP contribution is -2.22. The van der Waals surface area contributed by atoms with Crippen LogP contribution in [0.15, 0.2) is 53.7 Å². The van der Waals surface area contributed by atoms with Crippen molar-refractivity contribution < 1.29 is 9.59 Å². The van der Waals surface area contributed by atoms with Gasteiger partial charge >= 0.3 is 0 Å². The highest BCUT2D eigenvalue weighted by Crippen LogP contribution is 2.34. The van der Waals surface area contributed by atoms with E-state index in [4.69, 9.17) is 11.6 Å². The van der Waals surface area contributed by atoms with Crippen LogP contribution in [0, 0.1) is 0 Å². The van der Waals surface area contributed by atoms with Gasteiger partial charge < -0.3 is 10.2 Å². The van der Waals surface area contributed by atoms with Crippen LogP contribution in [0.5, 0.6) is 0 Å². The van der Waals surface area contributed by atoms with Gasteiger partial charge in [-0.3, -0.25) is 14.2 Å². The lowest BCUT2D eigenvalue weighted by molar-refractivity contribution is -0.118. The van der Waals surface area contributed by atoms with Crippen LogP contribution < -0.4 is 10.2 Å². The van der Waals surface area contributed by atoms with E-state index in [1.165, 1.54) is 18.7 Å². The van der Waals surface area contributed by atoms with Gasteiger partial charge in [-0.15, -0.1) is 10.2 Å². The number of para-hydroxylation sites is 1. The molecular weight excluding hydrogens is 470 g/mol. The van der Waals surface area contributed by atoms with Gasteiger partial charge in [-0.2, -0.15) is 0 Å². The minimum absolute atomic E-state index is 0.0230. The lowest BCUT2D eigenvalue weighted by Gasteiger charge is -2.19. The second-order valence-corrected chi connectivity index (χ2v) is 10.0. The maximum atomic E-state index is 13.2. The number of hydrogen-bond donors (Lipinski definition) is 1. The lowest BCUT2D eigenvalue weighted by atomic mass is 10.0. The predicted octanol–water partition coefficient (Wildman–Crippen LogP) is 4.56. The van der Waals surface area contributed by atoms with E-state index in [0.717, 1.165) is 49.6 Å². The smallest absolute Gasteiger partial charge is 0.232 e. The number of amides is 1. The number of aromatic nitrogens is 3. The molecule has 34 heavy (non-hydrogen) atoms. The van der Waals surface area contributed by atoms with Crippen molar-refractivity contribution in [1.29, 1.82) is 0 Å². The average molecular weight is 498 g/mol. The van der Waals surface area contributed by atoms with Crippen LogP contribution in [-0.2, 0) is 11.2 Å². The van der Waals surface area contributed by atoms with Gasteiger partial charge in [0, 0.05) is 32.1 Å². The zero-order valence-electron chi connectivity index (χ0n) is 19.3. The van der Waals surface area contributed by atoms with Crippen LogP contribution in [0.3, 0.4) is 0 Å². The van der Waals surface area contributed by atoms with Gasteiger partial charge in [0.25, 0.3) is 0 Å². The van der Waals surface area contributed by atoms with Gasteiger partial charge in [-0.05, 0) is 43.9 Å². The fourth-order valence-electron chi connectivity index (χ4n) is 3.97. The van der Waals surface area contributed by atoms with Crippen LogP contribution >= 0.6 is 23.4 Å².